The van der Waals surface area contributed by atoms with Crippen LogP contribution in [0.25, 0.3) is 0 Å². The predicted octanol–water partition coefficient (Wildman–Crippen LogP) is -0.764. The van der Waals surface area contributed by atoms with Crippen LogP contribution in [-0.4, -0.2) is 75.9 Å². The van der Waals surface area contributed by atoms with Gasteiger partial charge in [0.1, 0.15) is 0 Å². The van der Waals surface area contributed by atoms with Crippen molar-refractivity contribution in [2.75, 3.05) is 6.61 Å². The van der Waals surface area contributed by atoms with E-state index in [0.29, 0.717) is 0 Å². The van der Waals surface area contributed by atoms with Gasteiger partial charge in [-0.15, -0.1) is 0 Å². The normalized spacial score (nSPS) is 28.1. The molecule has 0 aromatic heterocycles. The molecule has 1 saturated heterocycles. The van der Waals surface area contributed by atoms with E-state index < -0.39 is 53.3 Å². The number of carbonyl (C=O) groups excluding carboxylic acids is 4. The number of carbonyl (C=O) groups is 4. The molecule has 25 heavy (non-hydrogen) atoms. The van der Waals surface area contributed by atoms with Crippen LogP contribution < -0.4 is 0 Å². The predicted molar refractivity (Wildman–Crippen MR) is 77.7 cm³/mol. The van der Waals surface area contributed by atoms with Crippen molar-refractivity contribution in [2.45, 2.75) is 57.1 Å². The van der Waals surface area contributed by atoms with Crippen LogP contribution in [0.4, 0.5) is 0 Å². The first-order valence-electron chi connectivity index (χ1n) is 7.08. The Bertz CT molecular complexity index is 513. The Morgan fingerprint density at radius 1 is 0.800 bits per heavy atom. The minimum atomic E-state index is -1.11. The molecule has 1 aliphatic heterocycles. The van der Waals surface area contributed by atoms with Crippen LogP contribution >= 0.6 is 0 Å². The molecule has 5 unspecified atom stereocenters. The molecule has 0 aromatic rings. The largest absolute Gasteiger partial charge is 0 e. The standard InChI is InChI=1S/C14H19O9Se.Au/c1-6(15)19-5-10-11(20-7(2)16)12(21-8(3)17)13(14(24)23-10)22-9(4)18;/h10-14H,5H2,1-4H3;. The molecule has 0 aromatic carbocycles. The van der Waals surface area contributed by atoms with E-state index in [1.807, 2.05) is 0 Å². The van der Waals surface area contributed by atoms with Gasteiger partial charge < -0.3 is 0 Å². The van der Waals surface area contributed by atoms with E-state index in [1.165, 1.54) is 27.7 Å². The first-order valence-corrected chi connectivity index (χ1v) is 8.07. The monoisotopic (exact) mass is 608 g/mol. The van der Waals surface area contributed by atoms with Crippen molar-refractivity contribution in [1.29, 1.82) is 0 Å². The third-order valence-corrected chi connectivity index (χ3v) is 3.74. The summed E-state index contributed by atoms with van der Waals surface area (Å²) in [5.74, 6) is -2.49. The van der Waals surface area contributed by atoms with E-state index in [4.69, 9.17) is 23.7 Å². The first kappa shape index (κ1) is 24.1. The van der Waals surface area contributed by atoms with Crippen LogP contribution in [-0.2, 0) is 65.2 Å². The van der Waals surface area contributed by atoms with Gasteiger partial charge in [0.25, 0.3) is 0 Å². The molecule has 1 fully saturated rings. The van der Waals surface area contributed by atoms with Gasteiger partial charge in [0, 0.05) is 22.4 Å². The minimum Gasteiger partial charge on any atom is 0 e. The molecule has 1 rings (SSSR count). The summed E-state index contributed by atoms with van der Waals surface area (Å²) in [4.78, 5) is 45.1. The van der Waals surface area contributed by atoms with E-state index >= 15 is 0 Å². The summed E-state index contributed by atoms with van der Waals surface area (Å²) in [6.07, 6.45) is -4.15. The fourth-order valence-corrected chi connectivity index (χ4v) is 2.93. The van der Waals surface area contributed by atoms with Crippen LogP contribution in [0.5, 0.6) is 0 Å². The number of hydrogen-bond acceptors (Lipinski definition) is 9. The van der Waals surface area contributed by atoms with Crippen LogP contribution in [0.3, 0.4) is 0 Å². The summed E-state index contributed by atoms with van der Waals surface area (Å²) in [5.41, 5.74) is 0. The van der Waals surface area contributed by atoms with E-state index in [0.717, 1.165) is 0 Å². The molecule has 0 spiro atoms. The second-order valence-electron chi connectivity index (χ2n) is 5.07. The van der Waals surface area contributed by atoms with Crippen LogP contribution in [0.1, 0.15) is 27.7 Å². The molecule has 0 N–H and O–H groups in total. The molecule has 0 bridgehead atoms. The molecule has 146 valence electrons. The summed E-state index contributed by atoms with van der Waals surface area (Å²) in [6, 6.07) is 0. The summed E-state index contributed by atoms with van der Waals surface area (Å²) in [7, 11) is 0. The van der Waals surface area contributed by atoms with Gasteiger partial charge in [-0.2, -0.15) is 0 Å². The van der Waals surface area contributed by atoms with Gasteiger partial charge in [-0.05, 0) is 0 Å². The third-order valence-electron chi connectivity index (χ3n) is 2.95. The molecule has 5 atom stereocenters. The number of rotatable bonds is 5. The SMILES string of the molecule is CC(=O)OCC1OC([Se])C(OC(C)=O)C(OC(C)=O)C1OC(C)=O.[Au]. The number of hydrogen-bond donors (Lipinski definition) is 0. The van der Waals surface area contributed by atoms with Gasteiger partial charge >= 0.3 is 146 Å². The molecule has 2 radical (unpaired) electrons. The zero-order valence-electron chi connectivity index (χ0n) is 14.0. The fourth-order valence-electron chi connectivity index (χ4n) is 2.19. The molecule has 0 amide bonds. The molecule has 1 heterocycles. The smallest absolute Gasteiger partial charge is 0 e. The van der Waals surface area contributed by atoms with Crippen LogP contribution in [0.15, 0.2) is 0 Å². The van der Waals surface area contributed by atoms with Crippen LogP contribution in [0, 0.1) is 0 Å². The molecule has 0 saturated carbocycles. The zero-order valence-corrected chi connectivity index (χ0v) is 17.9. The Morgan fingerprint density at radius 3 is 1.68 bits per heavy atom. The maximum atomic E-state index is 11.4. The second-order valence-corrected chi connectivity index (χ2v) is 6.04. The molecular formula is C14H19AuO9Se. The van der Waals surface area contributed by atoms with Crippen molar-refractivity contribution in [1.82, 2.24) is 0 Å². The average Bonchev–Trinajstić information content (AvgIpc) is 2.42. The molecule has 0 aliphatic carbocycles. The Hall–Kier alpha value is -0.900. The van der Waals surface area contributed by atoms with E-state index in [2.05, 4.69) is 16.0 Å². The van der Waals surface area contributed by atoms with Crippen molar-refractivity contribution < 1.29 is 65.2 Å². The van der Waals surface area contributed by atoms with Gasteiger partial charge in [0.15, 0.2) is 0 Å². The van der Waals surface area contributed by atoms with E-state index in [-0.39, 0.29) is 29.0 Å². The quantitative estimate of drug-likeness (QED) is 0.226. The van der Waals surface area contributed by atoms with Crippen molar-refractivity contribution in [3.63, 3.8) is 0 Å². The van der Waals surface area contributed by atoms with Crippen molar-refractivity contribution in [3.05, 3.63) is 0 Å². The Kier molecular flexibility index (Phi) is 10.6. The zero-order chi connectivity index (χ0) is 18.4. The first-order chi connectivity index (χ1) is 11.1. The third kappa shape index (κ3) is 7.89. The van der Waals surface area contributed by atoms with Crippen molar-refractivity contribution >= 4 is 39.9 Å². The molecule has 9 nitrogen and oxygen atoms in total. The van der Waals surface area contributed by atoms with Crippen LogP contribution in [0.2, 0.25) is 0 Å². The second kappa shape index (κ2) is 10.9. The van der Waals surface area contributed by atoms with Gasteiger partial charge in [-0.1, -0.05) is 0 Å². The minimum absolute atomic E-state index is 0. The van der Waals surface area contributed by atoms with Gasteiger partial charge in [-0.3, -0.25) is 0 Å². The average molecular weight is 607 g/mol. The van der Waals surface area contributed by atoms with Crippen molar-refractivity contribution in [3.8, 4) is 0 Å². The van der Waals surface area contributed by atoms with E-state index in [1.54, 1.807) is 0 Å². The fraction of sp³-hybridized carbons (Fsp3) is 0.714. The summed E-state index contributed by atoms with van der Waals surface area (Å²) < 4.78 is 26.0. The van der Waals surface area contributed by atoms with Crippen molar-refractivity contribution in [2.24, 2.45) is 0 Å². The Morgan fingerprint density at radius 2 is 1.24 bits per heavy atom. The van der Waals surface area contributed by atoms with E-state index in [9.17, 15) is 19.2 Å². The molecular weight excluding hydrogens is 588 g/mol. The Labute approximate surface area is 168 Å². The van der Waals surface area contributed by atoms with Gasteiger partial charge in [-0.25, -0.2) is 0 Å². The summed E-state index contributed by atoms with van der Waals surface area (Å²) in [5, 5.41) is -0.800. The topological polar surface area (TPSA) is 114 Å². The maximum Gasteiger partial charge on any atom is 0 e. The van der Waals surface area contributed by atoms with Gasteiger partial charge in [0.2, 0.25) is 0 Å². The molecule has 11 heteroatoms. The number of ether oxygens (including phenoxy) is 5. The number of esters is 4. The Balaban J connectivity index is 0.00000576. The summed E-state index contributed by atoms with van der Waals surface area (Å²) in [6.45, 7) is 4.50. The molecule has 1 aliphatic rings. The summed E-state index contributed by atoms with van der Waals surface area (Å²) >= 11 is 2.66. The van der Waals surface area contributed by atoms with Gasteiger partial charge in [0.05, 0.1) is 0 Å². The maximum absolute atomic E-state index is 11.4.